The van der Waals surface area contributed by atoms with Crippen LogP contribution in [0, 0.1) is 12.3 Å². The molecule has 0 saturated carbocycles. The number of hydrogen-bond acceptors (Lipinski definition) is 5. The number of nitrogens with zero attached hydrogens (tertiary/aromatic N) is 2. The van der Waals surface area contributed by atoms with Crippen LogP contribution in [0.4, 0.5) is 5.82 Å². The van der Waals surface area contributed by atoms with E-state index in [0.717, 1.165) is 43.8 Å². The molecule has 1 fully saturated rings. The molecule has 0 radical (unpaired) electrons. The number of aromatic nitrogens is 2. The maximum Gasteiger partial charge on any atom is 0.291 e. The Morgan fingerprint density at radius 2 is 2.12 bits per heavy atom. The number of benzene rings is 1. The van der Waals surface area contributed by atoms with Crippen LogP contribution in [0.2, 0.25) is 0 Å². The Morgan fingerprint density at radius 1 is 1.36 bits per heavy atom. The molecule has 2 aliphatic rings. The van der Waals surface area contributed by atoms with Gasteiger partial charge in [-0.05, 0) is 48.8 Å². The van der Waals surface area contributed by atoms with E-state index in [1.54, 1.807) is 13.3 Å². The first-order chi connectivity index (χ1) is 12.0. The average molecular weight is 340 g/mol. The molecule has 1 aliphatic carbocycles. The lowest BCUT2D eigenvalue weighted by molar-refractivity contribution is 0.186. The third-order valence-corrected chi connectivity index (χ3v) is 5.87. The number of hydrogen-bond donors (Lipinski definition) is 2. The second kappa shape index (κ2) is 5.88. The number of nitrogens with one attached hydrogen (secondary N) is 1. The molecule has 1 saturated heterocycles. The van der Waals surface area contributed by atoms with Crippen molar-refractivity contribution in [3.8, 4) is 5.75 Å². The van der Waals surface area contributed by atoms with Crippen LogP contribution in [0.25, 0.3) is 0 Å². The highest BCUT2D eigenvalue weighted by atomic mass is 16.5. The van der Waals surface area contributed by atoms with Crippen molar-refractivity contribution < 1.29 is 4.74 Å². The van der Waals surface area contributed by atoms with E-state index in [1.165, 1.54) is 11.1 Å². The van der Waals surface area contributed by atoms with Crippen LogP contribution >= 0.6 is 0 Å². The second-order valence-corrected chi connectivity index (χ2v) is 7.25. The number of fused-ring (bicyclic) bond motifs is 1. The number of methoxy groups -OCH3 is 1. The molecule has 4 rings (SSSR count). The molecule has 6 heteroatoms. The maximum absolute atomic E-state index is 12.2. The summed E-state index contributed by atoms with van der Waals surface area (Å²) in [7, 11) is 1.71. The molecule has 132 valence electrons. The first-order valence-electron chi connectivity index (χ1n) is 8.76. The fraction of sp³-hybridized carbons (Fsp3) is 0.474. The van der Waals surface area contributed by atoms with Gasteiger partial charge in [-0.3, -0.25) is 4.79 Å². The van der Waals surface area contributed by atoms with E-state index in [9.17, 15) is 4.79 Å². The van der Waals surface area contributed by atoms with Gasteiger partial charge in [0.15, 0.2) is 5.82 Å². The first kappa shape index (κ1) is 16.1. The minimum absolute atomic E-state index is 0.0176. The molecule has 3 N–H and O–H groups in total. The van der Waals surface area contributed by atoms with Crippen LogP contribution in [-0.4, -0.2) is 30.2 Å². The molecule has 1 atom stereocenters. The van der Waals surface area contributed by atoms with Gasteiger partial charge in [-0.25, -0.2) is 4.98 Å². The van der Waals surface area contributed by atoms with E-state index in [0.29, 0.717) is 5.82 Å². The summed E-state index contributed by atoms with van der Waals surface area (Å²) in [4.78, 5) is 21.4. The Hall–Kier alpha value is -2.34. The van der Waals surface area contributed by atoms with Crippen molar-refractivity contribution >= 4 is 5.82 Å². The summed E-state index contributed by atoms with van der Waals surface area (Å²) in [5, 5.41) is 0. The number of aromatic amines is 1. The highest BCUT2D eigenvalue weighted by Crippen LogP contribution is 2.52. The van der Waals surface area contributed by atoms with Gasteiger partial charge in [0, 0.05) is 31.0 Å². The van der Waals surface area contributed by atoms with Crippen LogP contribution < -0.4 is 20.9 Å². The Bertz CT molecular complexity index is 853. The molecule has 2 aromatic rings. The van der Waals surface area contributed by atoms with Crippen LogP contribution in [-0.2, 0) is 6.42 Å². The molecule has 0 unspecified atom stereocenters. The average Bonchev–Trinajstić information content (AvgIpc) is 2.88. The quantitative estimate of drug-likeness (QED) is 0.873. The summed E-state index contributed by atoms with van der Waals surface area (Å²) in [6.45, 7) is 3.43. The summed E-state index contributed by atoms with van der Waals surface area (Å²) in [5.41, 5.74) is 9.82. The van der Waals surface area contributed by atoms with Gasteiger partial charge in [-0.15, -0.1) is 0 Å². The van der Waals surface area contributed by atoms with E-state index in [2.05, 4.69) is 20.9 Å². The van der Waals surface area contributed by atoms with Gasteiger partial charge in [0.25, 0.3) is 5.56 Å². The van der Waals surface area contributed by atoms with Crippen molar-refractivity contribution in [3.63, 3.8) is 0 Å². The number of rotatable bonds is 2. The Kier molecular flexibility index (Phi) is 3.80. The van der Waals surface area contributed by atoms with E-state index in [1.807, 2.05) is 19.1 Å². The lowest BCUT2D eigenvalue weighted by Gasteiger charge is -2.42. The molecular weight excluding hydrogens is 316 g/mol. The molecule has 2 heterocycles. The first-order valence-corrected chi connectivity index (χ1v) is 8.76. The predicted octanol–water partition coefficient (Wildman–Crippen LogP) is 1.93. The SMILES string of the molecule is COc1cccc2c1CC1(CCN(c3ncc(C)[nH]c3=O)CC1)[C@@H]2N. The van der Waals surface area contributed by atoms with Gasteiger partial charge >= 0.3 is 0 Å². The molecule has 0 bridgehead atoms. The summed E-state index contributed by atoms with van der Waals surface area (Å²) in [6.07, 6.45) is 4.55. The van der Waals surface area contributed by atoms with E-state index >= 15 is 0 Å². The highest BCUT2D eigenvalue weighted by Gasteiger charge is 2.47. The monoisotopic (exact) mass is 340 g/mol. The van der Waals surface area contributed by atoms with E-state index < -0.39 is 0 Å². The number of ether oxygens (including phenoxy) is 1. The Morgan fingerprint density at radius 3 is 2.80 bits per heavy atom. The third kappa shape index (κ3) is 2.52. The smallest absolute Gasteiger partial charge is 0.291 e. The molecule has 1 spiro atoms. The van der Waals surface area contributed by atoms with Crippen molar-refractivity contribution in [2.24, 2.45) is 11.1 Å². The van der Waals surface area contributed by atoms with Crippen molar-refractivity contribution in [1.29, 1.82) is 0 Å². The molecule has 1 aromatic heterocycles. The minimum atomic E-state index is -0.114. The molecule has 6 nitrogen and oxygen atoms in total. The molecular formula is C19H24N4O2. The zero-order valence-electron chi connectivity index (χ0n) is 14.7. The largest absolute Gasteiger partial charge is 0.496 e. The zero-order chi connectivity index (χ0) is 17.6. The highest BCUT2D eigenvalue weighted by molar-refractivity contribution is 5.48. The van der Waals surface area contributed by atoms with Gasteiger partial charge in [-0.1, -0.05) is 12.1 Å². The number of nitrogens with two attached hydrogens (primary N) is 1. The van der Waals surface area contributed by atoms with Crippen LogP contribution in [0.3, 0.4) is 0 Å². The zero-order valence-corrected chi connectivity index (χ0v) is 14.7. The molecule has 1 aliphatic heterocycles. The number of aryl methyl sites for hydroxylation is 1. The summed E-state index contributed by atoms with van der Waals surface area (Å²) in [5.74, 6) is 1.45. The molecule has 0 amide bonds. The normalized spacial score (nSPS) is 21.4. The molecule has 25 heavy (non-hydrogen) atoms. The maximum atomic E-state index is 12.2. The Balaban J connectivity index is 1.57. The lowest BCUT2D eigenvalue weighted by Crippen LogP contribution is -2.46. The fourth-order valence-electron chi connectivity index (χ4n) is 4.41. The third-order valence-electron chi connectivity index (χ3n) is 5.87. The number of piperidine rings is 1. The lowest BCUT2D eigenvalue weighted by atomic mass is 9.73. The standard InChI is InChI=1S/C19H24N4O2/c1-12-11-21-17(18(24)22-12)23-8-6-19(7-9-23)10-14-13(16(19)20)4-3-5-15(14)25-2/h3-5,11,16H,6-10,20H2,1-2H3,(H,22,24)/t16-/m1/s1. The van der Waals surface area contributed by atoms with Crippen LogP contribution in [0.15, 0.2) is 29.2 Å². The second-order valence-electron chi connectivity index (χ2n) is 7.25. The van der Waals surface area contributed by atoms with Crippen LogP contribution in [0.1, 0.15) is 35.7 Å². The number of anilines is 1. The summed E-state index contributed by atoms with van der Waals surface area (Å²) in [6, 6.07) is 6.16. The Labute approximate surface area is 147 Å². The fourth-order valence-corrected chi connectivity index (χ4v) is 4.41. The summed E-state index contributed by atoms with van der Waals surface area (Å²) < 4.78 is 5.54. The van der Waals surface area contributed by atoms with Crippen molar-refractivity contribution in [1.82, 2.24) is 9.97 Å². The molecule has 1 aromatic carbocycles. The van der Waals surface area contributed by atoms with Gasteiger partial charge in [0.1, 0.15) is 5.75 Å². The van der Waals surface area contributed by atoms with Gasteiger partial charge < -0.3 is 20.4 Å². The van der Waals surface area contributed by atoms with Crippen molar-refractivity contribution in [2.75, 3.05) is 25.1 Å². The van der Waals surface area contributed by atoms with Crippen molar-refractivity contribution in [3.05, 3.63) is 51.6 Å². The van der Waals surface area contributed by atoms with Gasteiger partial charge in [0.05, 0.1) is 7.11 Å². The number of H-pyrrole nitrogens is 1. The van der Waals surface area contributed by atoms with Crippen molar-refractivity contribution in [2.45, 2.75) is 32.2 Å². The summed E-state index contributed by atoms with van der Waals surface area (Å²) >= 11 is 0. The minimum Gasteiger partial charge on any atom is -0.496 e. The van der Waals surface area contributed by atoms with E-state index in [-0.39, 0.29) is 17.0 Å². The van der Waals surface area contributed by atoms with Crippen LogP contribution in [0.5, 0.6) is 5.75 Å². The topological polar surface area (TPSA) is 84.2 Å². The van der Waals surface area contributed by atoms with Gasteiger partial charge in [0.2, 0.25) is 0 Å². The van der Waals surface area contributed by atoms with Gasteiger partial charge in [-0.2, -0.15) is 0 Å². The van der Waals surface area contributed by atoms with E-state index in [4.69, 9.17) is 10.5 Å². The predicted molar refractivity (Wildman–Crippen MR) is 97.1 cm³/mol.